The molecule has 2 aromatic rings. The van der Waals surface area contributed by atoms with Crippen LogP contribution in [-0.2, 0) is 36.0 Å². The number of hydrogen-bond acceptors (Lipinski definition) is 11. The number of hydrogen-bond donors (Lipinski definition) is 5. The van der Waals surface area contributed by atoms with Crippen molar-refractivity contribution in [2.75, 3.05) is 33.4 Å². The number of sulfonamides is 2. The number of benzene rings is 1. The van der Waals surface area contributed by atoms with Gasteiger partial charge in [0.15, 0.2) is 0 Å². The molecule has 6 atom stereocenters. The van der Waals surface area contributed by atoms with Crippen LogP contribution in [0.1, 0.15) is 62.6 Å². The molecule has 2 heterocycles. The maximum absolute atomic E-state index is 13.3. The Kier molecular flexibility index (Phi) is 14.6. The highest BCUT2D eigenvalue weighted by molar-refractivity contribution is 7.94. The number of unbranched alkanes of at least 4 members (excludes halogenated alkanes) is 1. The molecule has 272 valence electrons. The summed E-state index contributed by atoms with van der Waals surface area (Å²) in [5.41, 5.74) is 1.38. The first-order valence-corrected chi connectivity index (χ1v) is 20.4. The van der Waals surface area contributed by atoms with E-state index in [9.17, 15) is 36.9 Å². The van der Waals surface area contributed by atoms with Crippen molar-refractivity contribution >= 4 is 37.3 Å². The molecular weight excluding hydrogens is 691 g/mol. The summed E-state index contributed by atoms with van der Waals surface area (Å²) in [5.74, 6) is -1.24. The van der Waals surface area contributed by atoms with Gasteiger partial charge in [0.25, 0.3) is 20.0 Å². The molecule has 0 radical (unpaired) electrons. The van der Waals surface area contributed by atoms with Crippen LogP contribution in [0.4, 0.5) is 0 Å². The van der Waals surface area contributed by atoms with Crippen molar-refractivity contribution in [2.24, 2.45) is 11.8 Å². The predicted octanol–water partition coefficient (Wildman–Crippen LogP) is 2.88. The first-order chi connectivity index (χ1) is 23.4. The molecule has 4 rings (SSSR count). The van der Waals surface area contributed by atoms with Gasteiger partial charge >= 0.3 is 0 Å². The first kappa shape index (κ1) is 39.3. The molecule has 1 aliphatic carbocycles. The third-order valence-corrected chi connectivity index (χ3v) is 14.3. The monoisotopic (exact) mass is 739 g/mol. The first-order valence-electron chi connectivity index (χ1n) is 16.7. The Bertz CT molecular complexity index is 1640. The number of amides is 1. The molecule has 5 N–H and O–H groups in total. The lowest BCUT2D eigenvalue weighted by atomic mass is 9.89. The van der Waals surface area contributed by atoms with E-state index >= 15 is 0 Å². The van der Waals surface area contributed by atoms with Crippen LogP contribution in [0.25, 0.3) is 0 Å². The predicted molar refractivity (Wildman–Crippen MR) is 188 cm³/mol. The van der Waals surface area contributed by atoms with Crippen LogP contribution < -0.4 is 10.0 Å². The fraction of sp³-hybridized carbons (Fsp3) is 0.559. The van der Waals surface area contributed by atoms with Crippen LogP contribution in [0.3, 0.4) is 0 Å². The molecule has 0 spiro atoms. The number of carbonyl (C=O) groups excluding carboxylic acids is 1. The van der Waals surface area contributed by atoms with E-state index in [2.05, 4.69) is 10.0 Å². The number of aliphatic hydroxyl groups excluding tert-OH is 3. The van der Waals surface area contributed by atoms with Gasteiger partial charge in [0, 0.05) is 63.6 Å². The molecule has 1 fully saturated rings. The van der Waals surface area contributed by atoms with Gasteiger partial charge in [-0.05, 0) is 49.8 Å². The van der Waals surface area contributed by atoms with Crippen LogP contribution in [0.2, 0.25) is 0 Å². The Morgan fingerprint density at radius 2 is 1.92 bits per heavy atom. The van der Waals surface area contributed by atoms with Gasteiger partial charge in [-0.3, -0.25) is 4.79 Å². The number of nitrogens with one attached hydrogen (secondary N) is 2. The minimum atomic E-state index is -4.29. The molecule has 1 aromatic carbocycles. The molecule has 2 aliphatic rings. The minimum Gasteiger partial charge on any atom is -0.393 e. The van der Waals surface area contributed by atoms with Crippen LogP contribution >= 0.6 is 11.3 Å². The SMILES string of the molecule is CCN[C@@H]1CN(CCCOC)S(=O)(=O)c2sc(S(=O)(=O)NC(=O)CCC/C=C\C[C@H]3C(O)C[C@@H](O)[C@@H]3/C=C/[C@@H](O)Cc3ccccc3)cc21. The fourth-order valence-corrected chi connectivity index (χ4v) is 11.3. The van der Waals surface area contributed by atoms with Gasteiger partial charge in [0.05, 0.1) is 18.3 Å². The Labute approximate surface area is 294 Å². The normalized spacial score (nSPS) is 24.8. The number of methoxy groups -OCH3 is 1. The van der Waals surface area contributed by atoms with Crippen molar-refractivity contribution in [1.29, 1.82) is 0 Å². The number of ether oxygens (including phenoxy) is 1. The maximum Gasteiger partial charge on any atom is 0.273 e. The summed E-state index contributed by atoms with van der Waals surface area (Å²) in [6.45, 7) is 3.24. The van der Waals surface area contributed by atoms with E-state index in [-0.39, 0.29) is 52.2 Å². The van der Waals surface area contributed by atoms with Gasteiger partial charge in [-0.25, -0.2) is 21.6 Å². The second-order valence-electron chi connectivity index (χ2n) is 12.5. The molecule has 0 saturated heterocycles. The van der Waals surface area contributed by atoms with Gasteiger partial charge in [-0.1, -0.05) is 61.6 Å². The third kappa shape index (κ3) is 10.5. The summed E-state index contributed by atoms with van der Waals surface area (Å²) in [6.07, 6.45) is 7.57. The van der Waals surface area contributed by atoms with Gasteiger partial charge in [0.2, 0.25) is 5.91 Å². The van der Waals surface area contributed by atoms with E-state index in [1.165, 1.54) is 17.5 Å². The second-order valence-corrected chi connectivity index (χ2v) is 17.6. The summed E-state index contributed by atoms with van der Waals surface area (Å²) in [7, 11) is -6.67. The summed E-state index contributed by atoms with van der Waals surface area (Å²) >= 11 is 0.644. The fourth-order valence-electron chi connectivity index (χ4n) is 6.37. The number of nitrogens with zero attached hydrogens (tertiary/aromatic N) is 1. The molecule has 1 unspecified atom stereocenters. The number of likely N-dealkylation sites (N-methyl/N-ethyl adjacent to an activating group) is 1. The van der Waals surface area contributed by atoms with Crippen molar-refractivity contribution in [2.45, 2.75) is 84.6 Å². The highest BCUT2D eigenvalue weighted by Gasteiger charge is 2.41. The molecule has 12 nitrogen and oxygen atoms in total. The molecule has 49 heavy (non-hydrogen) atoms. The highest BCUT2D eigenvalue weighted by Crippen LogP contribution is 2.40. The summed E-state index contributed by atoms with van der Waals surface area (Å²) in [4.78, 5) is 12.6. The van der Waals surface area contributed by atoms with E-state index in [1.807, 2.05) is 49.4 Å². The quantitative estimate of drug-likeness (QED) is 0.113. The van der Waals surface area contributed by atoms with E-state index in [1.54, 1.807) is 12.2 Å². The van der Waals surface area contributed by atoms with Gasteiger partial charge < -0.3 is 25.4 Å². The zero-order chi connectivity index (χ0) is 35.6. The van der Waals surface area contributed by atoms with Crippen LogP contribution in [0, 0.1) is 11.8 Å². The highest BCUT2D eigenvalue weighted by atomic mass is 32.3. The minimum absolute atomic E-state index is 0.0407. The second kappa shape index (κ2) is 18.1. The lowest BCUT2D eigenvalue weighted by Gasteiger charge is -2.32. The van der Waals surface area contributed by atoms with Gasteiger partial charge in [0.1, 0.15) is 8.42 Å². The van der Waals surface area contributed by atoms with Crippen LogP contribution in [0.15, 0.2) is 69.1 Å². The Morgan fingerprint density at radius 3 is 2.63 bits per heavy atom. The topological polar surface area (TPSA) is 183 Å². The van der Waals surface area contributed by atoms with E-state index in [0.717, 1.165) is 5.56 Å². The van der Waals surface area contributed by atoms with Crippen molar-refractivity contribution in [3.05, 3.63) is 71.8 Å². The maximum atomic E-state index is 13.3. The molecule has 1 aromatic heterocycles. The Hall–Kier alpha value is -2.47. The lowest BCUT2D eigenvalue weighted by molar-refractivity contribution is -0.119. The standard InChI is InChI=1S/C34H49N3O9S3/c1-3-35-29-23-37(18-11-19-46-2)49(44,45)34-28(29)21-33(47-34)48(42,43)36-32(41)15-10-5-4-9-14-26-27(31(40)22-30(26)39)17-16-25(38)20-24-12-7-6-8-13-24/h4,6-9,12-13,16-17,21,25-27,29-31,35,38-40H,3,5,10-11,14-15,18-20,22-23H2,1-2H3,(H,36,41)/b9-4-,17-16+/t25-,26-,27-,29-,30?,31-/m1/s1. The average Bonchev–Trinajstić information content (AvgIpc) is 3.63. The molecule has 15 heteroatoms. The zero-order valence-electron chi connectivity index (χ0n) is 28.0. The molecular formula is C34H49N3O9S3. The number of allylic oxidation sites excluding steroid dienone is 2. The third-order valence-electron chi connectivity index (χ3n) is 8.87. The summed E-state index contributed by atoms with van der Waals surface area (Å²) in [5, 5.41) is 34.7. The van der Waals surface area contributed by atoms with Crippen molar-refractivity contribution in [3.8, 4) is 0 Å². The van der Waals surface area contributed by atoms with Gasteiger partial charge in [-0.15, -0.1) is 11.3 Å². The number of rotatable bonds is 18. The molecule has 1 saturated carbocycles. The number of thiophene rings is 1. The summed E-state index contributed by atoms with van der Waals surface area (Å²) < 4.78 is 61.2. The van der Waals surface area contributed by atoms with Gasteiger partial charge in [-0.2, -0.15) is 4.31 Å². The van der Waals surface area contributed by atoms with Crippen molar-refractivity contribution < 1.29 is 41.7 Å². The van der Waals surface area contributed by atoms with E-state index in [0.29, 0.717) is 62.2 Å². The molecule has 1 amide bonds. The van der Waals surface area contributed by atoms with Crippen molar-refractivity contribution in [1.82, 2.24) is 14.3 Å². The largest absolute Gasteiger partial charge is 0.393 e. The van der Waals surface area contributed by atoms with E-state index in [4.69, 9.17) is 4.74 Å². The van der Waals surface area contributed by atoms with Crippen molar-refractivity contribution in [3.63, 3.8) is 0 Å². The number of aliphatic hydroxyl groups is 3. The summed E-state index contributed by atoms with van der Waals surface area (Å²) in [6, 6.07) is 10.6. The Morgan fingerprint density at radius 1 is 1.16 bits per heavy atom. The van der Waals surface area contributed by atoms with Crippen LogP contribution in [-0.4, -0.2) is 94.0 Å². The Balaban J connectivity index is 1.28. The zero-order valence-corrected chi connectivity index (χ0v) is 30.4. The molecule has 1 aliphatic heterocycles. The average molecular weight is 740 g/mol. The lowest BCUT2D eigenvalue weighted by Crippen LogP contribution is -2.43. The smallest absolute Gasteiger partial charge is 0.273 e. The van der Waals surface area contributed by atoms with E-state index < -0.39 is 44.3 Å². The molecule has 0 bridgehead atoms. The number of fused-ring (bicyclic) bond motifs is 1. The number of carbonyl (C=O) groups is 1. The van der Waals surface area contributed by atoms with Crippen LogP contribution in [0.5, 0.6) is 0 Å².